The van der Waals surface area contributed by atoms with Gasteiger partial charge in [-0.1, -0.05) is 11.6 Å². The van der Waals surface area contributed by atoms with Gasteiger partial charge in [0.2, 0.25) is 10.0 Å². The molecule has 3 heterocycles. The van der Waals surface area contributed by atoms with Crippen molar-refractivity contribution in [2.45, 2.75) is 18.8 Å². The Morgan fingerprint density at radius 2 is 1.89 bits per heavy atom. The van der Waals surface area contributed by atoms with Gasteiger partial charge < -0.3 is 14.8 Å². The highest BCUT2D eigenvalue weighted by Crippen LogP contribution is 2.32. The predicted molar refractivity (Wildman–Crippen MR) is 133 cm³/mol. The summed E-state index contributed by atoms with van der Waals surface area (Å²) in [6.45, 7) is -0.109. The molecule has 0 saturated carbocycles. The maximum Gasteiger partial charge on any atom is 0.265 e. The van der Waals surface area contributed by atoms with Gasteiger partial charge in [-0.3, -0.25) is 9.52 Å². The molecule has 1 amide bonds. The molecular weight excluding hydrogens is 519 g/mol. The van der Waals surface area contributed by atoms with Crippen LogP contribution in [0.5, 0.6) is 0 Å². The smallest absolute Gasteiger partial charge is 0.265 e. The van der Waals surface area contributed by atoms with Gasteiger partial charge in [-0.25, -0.2) is 26.6 Å². The zero-order valence-corrected chi connectivity index (χ0v) is 20.9. The molecule has 192 valence electrons. The summed E-state index contributed by atoms with van der Waals surface area (Å²) in [5.41, 5.74) is 1.14. The fraction of sp³-hybridized carbons (Fsp3) is 0.304. The summed E-state index contributed by atoms with van der Waals surface area (Å²) in [7, 11) is -1.94. The molecular formula is C23H23ClF3N5O3S. The molecule has 2 N–H and O–H groups in total. The van der Waals surface area contributed by atoms with Crippen LogP contribution in [0.1, 0.15) is 23.2 Å². The molecule has 0 bridgehead atoms. The lowest BCUT2D eigenvalue weighted by Gasteiger charge is -2.33. The first-order valence-electron chi connectivity index (χ1n) is 10.8. The second kappa shape index (κ2) is 9.66. The number of nitrogens with one attached hydrogen (secondary N) is 2. The molecule has 8 nitrogen and oxygen atoms in total. The van der Waals surface area contributed by atoms with Crippen molar-refractivity contribution in [3.63, 3.8) is 0 Å². The summed E-state index contributed by atoms with van der Waals surface area (Å²) in [6.07, 6.45) is 3.90. The average molecular weight is 542 g/mol. The molecule has 0 atom stereocenters. The Hall–Kier alpha value is -3.25. The van der Waals surface area contributed by atoms with E-state index >= 15 is 0 Å². The summed E-state index contributed by atoms with van der Waals surface area (Å²) >= 11 is 6.03. The zero-order chi connectivity index (χ0) is 26.3. The van der Waals surface area contributed by atoms with Crippen molar-refractivity contribution in [3.8, 4) is 11.4 Å². The second-order valence-corrected chi connectivity index (χ2v) is 10.9. The first-order valence-corrected chi connectivity index (χ1v) is 13.1. The highest BCUT2D eigenvalue weighted by Gasteiger charge is 2.35. The van der Waals surface area contributed by atoms with E-state index in [-0.39, 0.29) is 39.8 Å². The molecule has 1 aliphatic heterocycles. The minimum absolute atomic E-state index is 0.0357. The van der Waals surface area contributed by atoms with Crippen LogP contribution in [-0.2, 0) is 17.1 Å². The number of anilines is 3. The third kappa shape index (κ3) is 6.11. The first-order chi connectivity index (χ1) is 16.8. The summed E-state index contributed by atoms with van der Waals surface area (Å²) < 4.78 is 69.3. The highest BCUT2D eigenvalue weighted by molar-refractivity contribution is 7.92. The van der Waals surface area contributed by atoms with Crippen molar-refractivity contribution >= 4 is 44.6 Å². The number of hydrogen-bond donors (Lipinski definition) is 2. The third-order valence-corrected chi connectivity index (χ3v) is 6.38. The van der Waals surface area contributed by atoms with Crippen LogP contribution in [0, 0.1) is 5.82 Å². The summed E-state index contributed by atoms with van der Waals surface area (Å²) in [6, 6.07) is 6.84. The van der Waals surface area contributed by atoms with Gasteiger partial charge >= 0.3 is 0 Å². The van der Waals surface area contributed by atoms with Crippen LogP contribution in [-0.4, -0.2) is 49.1 Å². The number of nitrogens with zero attached hydrogens (tertiary/aromatic N) is 3. The Kier molecular flexibility index (Phi) is 6.93. The van der Waals surface area contributed by atoms with Gasteiger partial charge in [0.1, 0.15) is 5.69 Å². The largest absolute Gasteiger partial charge is 0.364 e. The maximum atomic E-state index is 15.0. The normalized spacial score (nSPS) is 15.6. The van der Waals surface area contributed by atoms with Crippen LogP contribution < -0.4 is 14.9 Å². The monoisotopic (exact) mass is 541 g/mol. The number of aryl methyl sites for hydroxylation is 1. The van der Waals surface area contributed by atoms with Crippen molar-refractivity contribution in [1.82, 2.24) is 9.55 Å². The van der Waals surface area contributed by atoms with E-state index in [1.54, 1.807) is 7.05 Å². The molecule has 1 fully saturated rings. The second-order valence-electron chi connectivity index (χ2n) is 8.69. The molecule has 0 unspecified atom stereocenters. The molecule has 0 radical (unpaired) electrons. The number of amides is 1. The number of alkyl halides is 2. The van der Waals surface area contributed by atoms with Gasteiger partial charge in [0, 0.05) is 43.0 Å². The fourth-order valence-corrected chi connectivity index (χ4v) is 4.82. The van der Waals surface area contributed by atoms with Gasteiger partial charge in [0.25, 0.3) is 11.8 Å². The van der Waals surface area contributed by atoms with Crippen molar-refractivity contribution in [2.75, 3.05) is 34.3 Å². The van der Waals surface area contributed by atoms with Gasteiger partial charge in [-0.15, -0.1) is 0 Å². The minimum Gasteiger partial charge on any atom is -0.364 e. The molecule has 1 saturated heterocycles. The number of hydrogen-bond acceptors (Lipinski definition) is 5. The third-order valence-electron chi connectivity index (χ3n) is 5.55. The van der Waals surface area contributed by atoms with Gasteiger partial charge in [-0.2, -0.15) is 0 Å². The first kappa shape index (κ1) is 25.8. The molecule has 0 spiro atoms. The lowest BCUT2D eigenvalue weighted by atomic mass is 10.1. The van der Waals surface area contributed by atoms with Crippen molar-refractivity contribution in [1.29, 1.82) is 0 Å². The number of carbonyl (C=O) groups excluding carboxylic acids is 1. The standard InChI is InChI=1S/C23H23ClF3N5O3S/c1-31-12-14(22(33)29-16-7-15(24)8-17(9-16)30-36(2,34)35)6-20(31)21-19(25)10-18(11-28-21)32-5-3-4-23(26,27)13-32/h6-12,30H,3-5,13H2,1-2H3,(H,29,33). The number of aromatic nitrogens is 2. The number of halogens is 4. The van der Waals surface area contributed by atoms with E-state index in [2.05, 4.69) is 15.0 Å². The number of sulfonamides is 1. The fourth-order valence-electron chi connectivity index (χ4n) is 4.04. The van der Waals surface area contributed by atoms with Crippen LogP contribution in [0.3, 0.4) is 0 Å². The average Bonchev–Trinajstić information content (AvgIpc) is 3.13. The Labute approximate surface area is 211 Å². The predicted octanol–water partition coefficient (Wildman–Crippen LogP) is 4.74. The number of piperidine rings is 1. The highest BCUT2D eigenvalue weighted by atomic mass is 35.5. The molecule has 2 aromatic heterocycles. The van der Waals surface area contributed by atoms with Gasteiger partial charge in [0.15, 0.2) is 5.82 Å². The SMILES string of the molecule is Cn1cc(C(=O)Nc2cc(Cl)cc(NS(C)(=O)=O)c2)cc1-c1ncc(N2CCCC(F)(F)C2)cc1F. The molecule has 3 aromatic rings. The Balaban J connectivity index is 1.54. The molecule has 4 rings (SSSR count). The van der Waals surface area contributed by atoms with Gasteiger partial charge in [-0.05, 0) is 30.7 Å². The van der Waals surface area contributed by atoms with Crippen LogP contribution in [0.2, 0.25) is 5.02 Å². The summed E-state index contributed by atoms with van der Waals surface area (Å²) in [5, 5.41) is 2.83. The van der Waals surface area contributed by atoms with E-state index < -0.39 is 34.2 Å². The van der Waals surface area contributed by atoms with Crippen molar-refractivity contribution in [3.05, 3.63) is 59.1 Å². The summed E-state index contributed by atoms with van der Waals surface area (Å²) in [4.78, 5) is 18.4. The number of pyridine rings is 1. The van der Waals surface area contributed by atoms with E-state index in [0.29, 0.717) is 18.7 Å². The van der Waals surface area contributed by atoms with E-state index in [9.17, 15) is 26.4 Å². The Morgan fingerprint density at radius 3 is 2.56 bits per heavy atom. The number of rotatable bonds is 6. The van der Waals surface area contributed by atoms with Gasteiger partial charge in [0.05, 0.1) is 41.6 Å². The number of carbonyl (C=O) groups is 1. The van der Waals surface area contributed by atoms with E-state index in [1.807, 2.05) is 0 Å². The van der Waals surface area contributed by atoms with Crippen LogP contribution in [0.25, 0.3) is 11.4 Å². The van der Waals surface area contributed by atoms with Crippen molar-refractivity contribution in [2.24, 2.45) is 7.05 Å². The zero-order valence-electron chi connectivity index (χ0n) is 19.4. The lowest BCUT2D eigenvalue weighted by molar-refractivity contribution is -0.0117. The minimum atomic E-state index is -3.55. The molecule has 1 aromatic carbocycles. The number of benzene rings is 1. The van der Waals surface area contributed by atoms with Crippen LogP contribution in [0.4, 0.5) is 30.2 Å². The van der Waals surface area contributed by atoms with E-state index in [0.717, 1.165) is 6.26 Å². The molecule has 0 aliphatic carbocycles. The van der Waals surface area contributed by atoms with Crippen LogP contribution >= 0.6 is 11.6 Å². The lowest BCUT2D eigenvalue weighted by Crippen LogP contribution is -2.42. The molecule has 13 heteroatoms. The van der Waals surface area contributed by atoms with Crippen molar-refractivity contribution < 1.29 is 26.4 Å². The maximum absolute atomic E-state index is 15.0. The molecule has 1 aliphatic rings. The Morgan fingerprint density at radius 1 is 1.17 bits per heavy atom. The van der Waals surface area contributed by atoms with E-state index in [4.69, 9.17) is 11.6 Å². The Bertz CT molecular complexity index is 1430. The topological polar surface area (TPSA) is 96.3 Å². The summed E-state index contributed by atoms with van der Waals surface area (Å²) in [5.74, 6) is -4.09. The van der Waals surface area contributed by atoms with E-state index in [1.165, 1.54) is 52.2 Å². The molecule has 36 heavy (non-hydrogen) atoms. The van der Waals surface area contributed by atoms with Crippen LogP contribution in [0.15, 0.2) is 42.7 Å². The quantitative estimate of drug-likeness (QED) is 0.470.